The summed E-state index contributed by atoms with van der Waals surface area (Å²) in [5, 5.41) is 3.07. The standard InChI is InChI=1S/C11H18N2/c1-9(2)7-10-3-5-11(6-4-10)13-8-12/h3-6,9,13H,7-8,12H2,1-2H3. The van der Waals surface area contributed by atoms with Crippen molar-refractivity contribution in [2.75, 3.05) is 12.0 Å². The zero-order valence-electron chi connectivity index (χ0n) is 8.38. The molecule has 0 aliphatic carbocycles. The highest BCUT2D eigenvalue weighted by molar-refractivity contribution is 5.44. The van der Waals surface area contributed by atoms with Crippen molar-refractivity contribution in [3.8, 4) is 0 Å². The average Bonchev–Trinajstić information content (AvgIpc) is 2.08. The van der Waals surface area contributed by atoms with Gasteiger partial charge in [-0.3, -0.25) is 0 Å². The molecule has 1 aromatic rings. The predicted molar refractivity (Wildman–Crippen MR) is 57.7 cm³/mol. The van der Waals surface area contributed by atoms with Crippen LogP contribution in [-0.4, -0.2) is 6.67 Å². The molecule has 0 fully saturated rings. The number of nitrogens with two attached hydrogens (primary N) is 1. The molecule has 0 spiro atoms. The highest BCUT2D eigenvalue weighted by Crippen LogP contribution is 2.12. The van der Waals surface area contributed by atoms with Gasteiger partial charge in [-0.2, -0.15) is 0 Å². The normalized spacial score (nSPS) is 10.5. The van der Waals surface area contributed by atoms with Crippen LogP contribution in [0, 0.1) is 5.92 Å². The summed E-state index contributed by atoms with van der Waals surface area (Å²) in [5.41, 5.74) is 7.85. The Hall–Kier alpha value is -1.02. The van der Waals surface area contributed by atoms with Gasteiger partial charge in [-0.15, -0.1) is 0 Å². The molecule has 13 heavy (non-hydrogen) atoms. The molecule has 1 aromatic carbocycles. The van der Waals surface area contributed by atoms with Gasteiger partial charge < -0.3 is 11.1 Å². The SMILES string of the molecule is CC(C)Cc1ccc(NCN)cc1. The molecule has 0 unspecified atom stereocenters. The van der Waals surface area contributed by atoms with Crippen molar-refractivity contribution in [2.45, 2.75) is 20.3 Å². The summed E-state index contributed by atoms with van der Waals surface area (Å²) >= 11 is 0. The van der Waals surface area contributed by atoms with Crippen LogP contribution in [0.1, 0.15) is 19.4 Å². The quantitative estimate of drug-likeness (QED) is 0.694. The predicted octanol–water partition coefficient (Wildman–Crippen LogP) is 2.21. The third-order valence-electron chi connectivity index (χ3n) is 1.90. The summed E-state index contributed by atoms with van der Waals surface area (Å²) in [7, 11) is 0. The van der Waals surface area contributed by atoms with Crippen LogP contribution in [0.25, 0.3) is 0 Å². The average molecular weight is 178 g/mol. The van der Waals surface area contributed by atoms with Gasteiger partial charge in [-0.05, 0) is 30.0 Å². The summed E-state index contributed by atoms with van der Waals surface area (Å²) in [6.45, 7) is 4.95. The summed E-state index contributed by atoms with van der Waals surface area (Å²) in [6, 6.07) is 8.45. The monoisotopic (exact) mass is 178 g/mol. The molecule has 0 amide bonds. The van der Waals surface area contributed by atoms with Crippen molar-refractivity contribution in [2.24, 2.45) is 11.7 Å². The van der Waals surface area contributed by atoms with Gasteiger partial charge in [0, 0.05) is 5.69 Å². The lowest BCUT2D eigenvalue weighted by Crippen LogP contribution is -2.10. The molecule has 0 heterocycles. The van der Waals surface area contributed by atoms with Crippen molar-refractivity contribution in [1.82, 2.24) is 0 Å². The lowest BCUT2D eigenvalue weighted by Gasteiger charge is -2.06. The first kappa shape index (κ1) is 10.1. The molecule has 0 saturated heterocycles. The zero-order valence-corrected chi connectivity index (χ0v) is 8.38. The number of benzene rings is 1. The Labute approximate surface area is 80.1 Å². The van der Waals surface area contributed by atoms with Crippen LogP contribution in [0.3, 0.4) is 0 Å². The van der Waals surface area contributed by atoms with E-state index >= 15 is 0 Å². The molecule has 0 saturated carbocycles. The number of anilines is 1. The summed E-state index contributed by atoms with van der Waals surface area (Å²) in [4.78, 5) is 0. The van der Waals surface area contributed by atoms with Crippen LogP contribution < -0.4 is 11.1 Å². The molecule has 2 nitrogen and oxygen atoms in total. The van der Waals surface area contributed by atoms with E-state index in [-0.39, 0.29) is 0 Å². The van der Waals surface area contributed by atoms with Crippen LogP contribution in [0.2, 0.25) is 0 Å². The van der Waals surface area contributed by atoms with Gasteiger partial charge in [0.25, 0.3) is 0 Å². The number of hydrogen-bond donors (Lipinski definition) is 2. The third-order valence-corrected chi connectivity index (χ3v) is 1.90. The van der Waals surface area contributed by atoms with E-state index in [1.165, 1.54) is 5.56 Å². The maximum Gasteiger partial charge on any atom is 0.0628 e. The highest BCUT2D eigenvalue weighted by atomic mass is 15.0. The van der Waals surface area contributed by atoms with E-state index in [1.54, 1.807) is 0 Å². The Kier molecular flexibility index (Phi) is 3.77. The van der Waals surface area contributed by atoms with E-state index < -0.39 is 0 Å². The minimum absolute atomic E-state index is 0.490. The van der Waals surface area contributed by atoms with Crippen molar-refractivity contribution in [1.29, 1.82) is 0 Å². The Morgan fingerprint density at radius 2 is 1.85 bits per heavy atom. The number of nitrogens with one attached hydrogen (secondary N) is 1. The van der Waals surface area contributed by atoms with Gasteiger partial charge in [0.1, 0.15) is 0 Å². The largest absolute Gasteiger partial charge is 0.373 e. The molecular weight excluding hydrogens is 160 g/mol. The molecule has 0 bridgehead atoms. The van der Waals surface area contributed by atoms with E-state index in [2.05, 4.69) is 43.4 Å². The van der Waals surface area contributed by atoms with Crippen LogP contribution >= 0.6 is 0 Å². The zero-order chi connectivity index (χ0) is 9.68. The lowest BCUT2D eigenvalue weighted by molar-refractivity contribution is 0.647. The second-order valence-corrected chi connectivity index (χ2v) is 3.68. The molecule has 72 valence electrons. The third kappa shape index (κ3) is 3.47. The molecule has 0 atom stereocenters. The smallest absolute Gasteiger partial charge is 0.0628 e. The molecule has 0 radical (unpaired) electrons. The van der Waals surface area contributed by atoms with Crippen LogP contribution in [0.4, 0.5) is 5.69 Å². The molecule has 1 rings (SSSR count). The molecule has 3 N–H and O–H groups in total. The second kappa shape index (κ2) is 4.87. The van der Waals surface area contributed by atoms with E-state index in [0.717, 1.165) is 12.1 Å². The second-order valence-electron chi connectivity index (χ2n) is 3.68. The number of rotatable bonds is 4. The van der Waals surface area contributed by atoms with Gasteiger partial charge >= 0.3 is 0 Å². The van der Waals surface area contributed by atoms with Crippen molar-refractivity contribution < 1.29 is 0 Å². The van der Waals surface area contributed by atoms with E-state index in [9.17, 15) is 0 Å². The van der Waals surface area contributed by atoms with E-state index in [1.807, 2.05) is 0 Å². The minimum Gasteiger partial charge on any atom is -0.373 e. The van der Waals surface area contributed by atoms with Gasteiger partial charge in [0.05, 0.1) is 6.67 Å². The van der Waals surface area contributed by atoms with Gasteiger partial charge in [-0.25, -0.2) is 0 Å². The minimum atomic E-state index is 0.490. The molecule has 2 heteroatoms. The van der Waals surface area contributed by atoms with Crippen molar-refractivity contribution in [3.05, 3.63) is 29.8 Å². The van der Waals surface area contributed by atoms with Crippen LogP contribution in [0.15, 0.2) is 24.3 Å². The Morgan fingerprint density at radius 1 is 1.23 bits per heavy atom. The number of hydrogen-bond acceptors (Lipinski definition) is 2. The van der Waals surface area contributed by atoms with Crippen molar-refractivity contribution >= 4 is 5.69 Å². The first-order valence-electron chi connectivity index (χ1n) is 4.75. The lowest BCUT2D eigenvalue weighted by atomic mass is 10.0. The molecule has 0 aromatic heterocycles. The van der Waals surface area contributed by atoms with Crippen LogP contribution in [-0.2, 0) is 6.42 Å². The fourth-order valence-corrected chi connectivity index (χ4v) is 1.35. The van der Waals surface area contributed by atoms with E-state index in [4.69, 9.17) is 5.73 Å². The highest BCUT2D eigenvalue weighted by Gasteiger charge is 1.97. The fourth-order valence-electron chi connectivity index (χ4n) is 1.35. The Balaban J connectivity index is 2.59. The first-order chi connectivity index (χ1) is 6.22. The van der Waals surface area contributed by atoms with E-state index in [0.29, 0.717) is 12.6 Å². The molecule has 0 aliphatic heterocycles. The van der Waals surface area contributed by atoms with Crippen LogP contribution in [0.5, 0.6) is 0 Å². The van der Waals surface area contributed by atoms with Gasteiger partial charge in [0.2, 0.25) is 0 Å². The summed E-state index contributed by atoms with van der Waals surface area (Å²) in [5.74, 6) is 0.716. The topological polar surface area (TPSA) is 38.0 Å². The Bertz CT molecular complexity index is 239. The first-order valence-corrected chi connectivity index (χ1v) is 4.75. The summed E-state index contributed by atoms with van der Waals surface area (Å²) in [6.07, 6.45) is 1.14. The van der Waals surface area contributed by atoms with Gasteiger partial charge in [0.15, 0.2) is 0 Å². The van der Waals surface area contributed by atoms with Gasteiger partial charge in [-0.1, -0.05) is 26.0 Å². The molecule has 0 aliphatic rings. The maximum atomic E-state index is 5.37. The molecular formula is C11H18N2. The summed E-state index contributed by atoms with van der Waals surface area (Å²) < 4.78 is 0. The maximum absolute atomic E-state index is 5.37. The van der Waals surface area contributed by atoms with Crippen molar-refractivity contribution in [3.63, 3.8) is 0 Å². The fraction of sp³-hybridized carbons (Fsp3) is 0.455. The Morgan fingerprint density at radius 3 is 2.31 bits per heavy atom.